The van der Waals surface area contributed by atoms with Crippen LogP contribution in [-0.2, 0) is 6.54 Å². The summed E-state index contributed by atoms with van der Waals surface area (Å²) in [7, 11) is 4.17. The molecule has 0 fully saturated rings. The zero-order valence-corrected chi connectivity index (χ0v) is 10.0. The molecule has 2 aromatic rings. The molecular weight excluding hydrogens is 184 g/mol. The molecule has 1 N–H and O–H groups in total. The minimum Gasteiger partial charge on any atom is -0.361 e. The van der Waals surface area contributed by atoms with Gasteiger partial charge in [0.1, 0.15) is 0 Å². The lowest BCUT2D eigenvalue weighted by Gasteiger charge is -2.07. The molecule has 1 heterocycles. The Hall–Kier alpha value is -1.28. The fourth-order valence-corrected chi connectivity index (χ4v) is 1.60. The van der Waals surface area contributed by atoms with E-state index in [4.69, 9.17) is 0 Å². The van der Waals surface area contributed by atoms with Crippen molar-refractivity contribution in [3.63, 3.8) is 0 Å². The van der Waals surface area contributed by atoms with Crippen LogP contribution in [0.15, 0.2) is 30.5 Å². The van der Waals surface area contributed by atoms with Crippen LogP contribution in [0.25, 0.3) is 10.9 Å². The predicted molar refractivity (Wildman–Crippen MR) is 67.0 cm³/mol. The van der Waals surface area contributed by atoms with E-state index in [2.05, 4.69) is 54.4 Å². The third-order valence-electron chi connectivity index (χ3n) is 2.16. The van der Waals surface area contributed by atoms with Crippen LogP contribution in [0.1, 0.15) is 19.4 Å². The Labute approximate surface area is 91.9 Å². The lowest BCUT2D eigenvalue weighted by atomic mass is 10.2. The van der Waals surface area contributed by atoms with Gasteiger partial charge in [0.2, 0.25) is 0 Å². The molecule has 2 rings (SSSR count). The molecule has 0 unspecified atom stereocenters. The summed E-state index contributed by atoms with van der Waals surface area (Å²) in [6.07, 6.45) is 2.09. The van der Waals surface area contributed by atoms with Crippen LogP contribution in [0, 0.1) is 0 Å². The third kappa shape index (κ3) is 2.83. The number of hydrogen-bond acceptors (Lipinski definition) is 1. The summed E-state index contributed by atoms with van der Waals surface area (Å²) in [5.41, 5.74) is 2.58. The third-order valence-corrected chi connectivity index (χ3v) is 2.16. The fourth-order valence-electron chi connectivity index (χ4n) is 1.60. The summed E-state index contributed by atoms with van der Waals surface area (Å²) in [4.78, 5) is 5.44. The van der Waals surface area contributed by atoms with Crippen molar-refractivity contribution in [1.29, 1.82) is 0 Å². The van der Waals surface area contributed by atoms with Crippen LogP contribution in [0.5, 0.6) is 0 Å². The average molecular weight is 204 g/mol. The second-order valence-electron chi connectivity index (χ2n) is 3.60. The van der Waals surface area contributed by atoms with Crippen molar-refractivity contribution in [2.45, 2.75) is 20.4 Å². The summed E-state index contributed by atoms with van der Waals surface area (Å²) in [5.74, 6) is 0. The van der Waals surface area contributed by atoms with Gasteiger partial charge in [0.15, 0.2) is 0 Å². The number of rotatable bonds is 2. The summed E-state index contributed by atoms with van der Waals surface area (Å²) in [6, 6.07) is 8.40. The molecule has 0 saturated carbocycles. The Balaban J connectivity index is 0.000000531. The van der Waals surface area contributed by atoms with E-state index >= 15 is 0 Å². The van der Waals surface area contributed by atoms with Crippen molar-refractivity contribution in [3.8, 4) is 0 Å². The Morgan fingerprint density at radius 2 is 1.80 bits per heavy atom. The Kier molecular flexibility index (Phi) is 4.37. The molecule has 15 heavy (non-hydrogen) atoms. The first-order valence-electron chi connectivity index (χ1n) is 5.47. The largest absolute Gasteiger partial charge is 0.361 e. The highest BCUT2D eigenvalue weighted by molar-refractivity contribution is 5.82. The zero-order chi connectivity index (χ0) is 11.3. The van der Waals surface area contributed by atoms with Crippen molar-refractivity contribution >= 4 is 10.9 Å². The summed E-state index contributed by atoms with van der Waals surface area (Å²) in [6.45, 7) is 4.99. The highest BCUT2D eigenvalue weighted by atomic mass is 15.0. The van der Waals surface area contributed by atoms with Crippen LogP contribution < -0.4 is 0 Å². The van der Waals surface area contributed by atoms with Crippen molar-refractivity contribution in [3.05, 3.63) is 36.0 Å². The Morgan fingerprint density at radius 1 is 1.13 bits per heavy atom. The molecule has 0 saturated heterocycles. The fraction of sp³-hybridized carbons (Fsp3) is 0.385. The quantitative estimate of drug-likeness (QED) is 0.795. The van der Waals surface area contributed by atoms with Crippen molar-refractivity contribution < 1.29 is 0 Å². The van der Waals surface area contributed by atoms with Crippen molar-refractivity contribution in [1.82, 2.24) is 9.88 Å². The topological polar surface area (TPSA) is 19.0 Å². The van der Waals surface area contributed by atoms with Gasteiger partial charge in [-0.3, -0.25) is 0 Å². The highest BCUT2D eigenvalue weighted by Crippen LogP contribution is 2.18. The average Bonchev–Trinajstić information content (AvgIpc) is 2.64. The molecule has 0 atom stereocenters. The van der Waals surface area contributed by atoms with Crippen LogP contribution >= 0.6 is 0 Å². The molecule has 2 heteroatoms. The number of para-hydroxylation sites is 1. The van der Waals surface area contributed by atoms with E-state index < -0.39 is 0 Å². The predicted octanol–water partition coefficient (Wildman–Crippen LogP) is 3.26. The van der Waals surface area contributed by atoms with Gasteiger partial charge in [0, 0.05) is 23.6 Å². The Bertz CT molecular complexity index is 402. The minimum absolute atomic E-state index is 0.990. The number of H-pyrrole nitrogens is 1. The van der Waals surface area contributed by atoms with Crippen LogP contribution in [-0.4, -0.2) is 24.0 Å². The molecule has 1 aromatic heterocycles. The lowest BCUT2D eigenvalue weighted by Crippen LogP contribution is -2.09. The minimum atomic E-state index is 0.990. The number of fused-ring (bicyclic) bond motifs is 1. The smallest absolute Gasteiger partial charge is 0.0457 e. The van der Waals surface area contributed by atoms with E-state index in [1.807, 2.05) is 13.8 Å². The van der Waals surface area contributed by atoms with Crippen LogP contribution in [0.4, 0.5) is 0 Å². The second kappa shape index (κ2) is 5.56. The summed E-state index contributed by atoms with van der Waals surface area (Å²) >= 11 is 0. The van der Waals surface area contributed by atoms with Crippen molar-refractivity contribution in [2.75, 3.05) is 14.1 Å². The van der Waals surface area contributed by atoms with Crippen LogP contribution in [0.2, 0.25) is 0 Å². The molecule has 82 valence electrons. The number of nitrogens with one attached hydrogen (secondary N) is 1. The van der Waals surface area contributed by atoms with Gasteiger partial charge < -0.3 is 9.88 Å². The van der Waals surface area contributed by atoms with Gasteiger partial charge in [-0.2, -0.15) is 0 Å². The maximum absolute atomic E-state index is 3.27. The SMILES string of the molecule is CC.CN(C)Cc1c[nH]c2ccccc12. The summed E-state index contributed by atoms with van der Waals surface area (Å²) < 4.78 is 0. The molecule has 0 aliphatic heterocycles. The summed E-state index contributed by atoms with van der Waals surface area (Å²) in [5, 5.41) is 1.33. The van der Waals surface area contributed by atoms with E-state index in [0.717, 1.165) is 6.54 Å². The van der Waals surface area contributed by atoms with Crippen molar-refractivity contribution in [2.24, 2.45) is 0 Å². The molecule has 0 radical (unpaired) electrons. The van der Waals surface area contributed by atoms with Gasteiger partial charge in [-0.25, -0.2) is 0 Å². The van der Waals surface area contributed by atoms with Gasteiger partial charge >= 0.3 is 0 Å². The first-order chi connectivity index (χ1) is 7.27. The number of hydrogen-bond donors (Lipinski definition) is 1. The number of aromatic amines is 1. The molecule has 0 amide bonds. The number of nitrogens with zero attached hydrogens (tertiary/aromatic N) is 1. The van der Waals surface area contributed by atoms with Gasteiger partial charge in [0.25, 0.3) is 0 Å². The van der Waals surface area contributed by atoms with E-state index in [0.29, 0.717) is 0 Å². The van der Waals surface area contributed by atoms with E-state index in [-0.39, 0.29) is 0 Å². The molecule has 0 aliphatic carbocycles. The van der Waals surface area contributed by atoms with Gasteiger partial charge in [-0.1, -0.05) is 32.0 Å². The molecule has 0 bridgehead atoms. The normalized spacial score (nSPS) is 10.2. The lowest BCUT2D eigenvalue weighted by molar-refractivity contribution is 0.404. The molecule has 2 nitrogen and oxygen atoms in total. The number of aromatic nitrogens is 1. The zero-order valence-electron chi connectivity index (χ0n) is 10.0. The maximum Gasteiger partial charge on any atom is 0.0457 e. The van der Waals surface area contributed by atoms with Crippen LogP contribution in [0.3, 0.4) is 0 Å². The molecule has 0 spiro atoms. The first-order valence-corrected chi connectivity index (χ1v) is 5.47. The Morgan fingerprint density at radius 3 is 2.47 bits per heavy atom. The van der Waals surface area contributed by atoms with Gasteiger partial charge in [-0.05, 0) is 25.7 Å². The van der Waals surface area contributed by atoms with E-state index in [1.165, 1.54) is 16.5 Å². The van der Waals surface area contributed by atoms with E-state index in [9.17, 15) is 0 Å². The monoisotopic (exact) mass is 204 g/mol. The first kappa shape index (κ1) is 11.8. The number of benzene rings is 1. The molecule has 1 aromatic carbocycles. The van der Waals surface area contributed by atoms with E-state index in [1.54, 1.807) is 0 Å². The maximum atomic E-state index is 3.27. The highest BCUT2D eigenvalue weighted by Gasteiger charge is 2.02. The van der Waals surface area contributed by atoms with Gasteiger partial charge in [0.05, 0.1) is 0 Å². The van der Waals surface area contributed by atoms with Gasteiger partial charge in [-0.15, -0.1) is 0 Å². The molecule has 0 aliphatic rings. The standard InChI is InChI=1S/C11H14N2.C2H6/c1-13(2)8-9-7-12-11-6-4-3-5-10(9)11;1-2/h3-7,12H,8H2,1-2H3;1-2H3. The molecular formula is C13H20N2. The second-order valence-corrected chi connectivity index (χ2v) is 3.60.